The van der Waals surface area contributed by atoms with Gasteiger partial charge in [-0.2, -0.15) is 0 Å². The van der Waals surface area contributed by atoms with Crippen LogP contribution in [0.5, 0.6) is 5.75 Å². The average molecular weight is 353 g/mol. The molecule has 2 N–H and O–H groups in total. The highest BCUT2D eigenvalue weighted by Gasteiger charge is 2.23. The number of rotatable bonds is 5. The van der Waals surface area contributed by atoms with Crippen molar-refractivity contribution in [1.29, 1.82) is 0 Å². The molecule has 1 unspecified atom stereocenters. The van der Waals surface area contributed by atoms with Crippen molar-refractivity contribution in [2.24, 2.45) is 0 Å². The number of nitrogens with one attached hydrogen (secondary N) is 1. The Labute approximate surface area is 144 Å². The standard InChI is InChI=1S/C17H18ClFN2O3/c1-4-14(21-17(22)23)12-6-13(18)9(2)15(16(12)24-3)10-5-11(19)8-20-7-10/h5-8,14,21H,4H2,1-3H3,(H,22,23). The van der Waals surface area contributed by atoms with Crippen LogP contribution in [-0.4, -0.2) is 23.3 Å². The van der Waals surface area contributed by atoms with E-state index in [0.29, 0.717) is 39.4 Å². The number of amides is 1. The monoisotopic (exact) mass is 352 g/mol. The van der Waals surface area contributed by atoms with E-state index in [0.717, 1.165) is 6.20 Å². The predicted octanol–water partition coefficient (Wildman–Crippen LogP) is 4.58. The Kier molecular flexibility index (Phi) is 5.62. The third-order valence-electron chi connectivity index (χ3n) is 3.78. The topological polar surface area (TPSA) is 71.5 Å². The molecule has 0 fully saturated rings. The number of hydrogen-bond donors (Lipinski definition) is 2. The zero-order chi connectivity index (χ0) is 17.9. The summed E-state index contributed by atoms with van der Waals surface area (Å²) in [5.41, 5.74) is 2.41. The van der Waals surface area contributed by atoms with Crippen LogP contribution in [0.1, 0.15) is 30.5 Å². The Morgan fingerprint density at radius 1 is 1.46 bits per heavy atom. The second kappa shape index (κ2) is 7.49. The third kappa shape index (κ3) is 3.59. The molecule has 1 amide bonds. The first-order valence-electron chi connectivity index (χ1n) is 7.36. The number of methoxy groups -OCH3 is 1. The Morgan fingerprint density at radius 3 is 2.71 bits per heavy atom. The lowest BCUT2D eigenvalue weighted by Gasteiger charge is -2.23. The minimum Gasteiger partial charge on any atom is -0.496 e. The largest absolute Gasteiger partial charge is 0.496 e. The van der Waals surface area contributed by atoms with Crippen molar-refractivity contribution in [3.63, 3.8) is 0 Å². The number of nitrogens with zero attached hydrogens (tertiary/aromatic N) is 1. The quantitative estimate of drug-likeness (QED) is 0.826. The van der Waals surface area contributed by atoms with Gasteiger partial charge in [-0.05, 0) is 31.0 Å². The molecule has 0 aliphatic heterocycles. The lowest BCUT2D eigenvalue weighted by atomic mass is 9.93. The Hall–Kier alpha value is -2.34. The Balaban J connectivity index is 2.72. The van der Waals surface area contributed by atoms with Crippen LogP contribution in [0.2, 0.25) is 5.02 Å². The van der Waals surface area contributed by atoms with Gasteiger partial charge in [0, 0.05) is 27.9 Å². The Morgan fingerprint density at radius 2 is 2.17 bits per heavy atom. The molecule has 0 aliphatic rings. The molecule has 0 spiro atoms. The van der Waals surface area contributed by atoms with Crippen molar-refractivity contribution in [2.75, 3.05) is 7.11 Å². The number of halogens is 2. The lowest BCUT2D eigenvalue weighted by molar-refractivity contribution is 0.189. The van der Waals surface area contributed by atoms with Crippen molar-refractivity contribution in [2.45, 2.75) is 26.3 Å². The first kappa shape index (κ1) is 18.0. The van der Waals surface area contributed by atoms with Gasteiger partial charge in [-0.3, -0.25) is 4.98 Å². The Bertz CT molecular complexity index is 768. The van der Waals surface area contributed by atoms with Crippen LogP contribution in [0.3, 0.4) is 0 Å². The van der Waals surface area contributed by atoms with E-state index in [9.17, 15) is 9.18 Å². The summed E-state index contributed by atoms with van der Waals surface area (Å²) in [6.07, 6.45) is 1.98. The van der Waals surface area contributed by atoms with Crippen molar-refractivity contribution in [3.8, 4) is 16.9 Å². The molecule has 0 saturated heterocycles. The number of ether oxygens (including phenoxy) is 1. The van der Waals surface area contributed by atoms with Gasteiger partial charge in [-0.1, -0.05) is 18.5 Å². The maximum atomic E-state index is 13.6. The number of aromatic nitrogens is 1. The van der Waals surface area contributed by atoms with Crippen LogP contribution in [0.15, 0.2) is 24.5 Å². The minimum atomic E-state index is -1.14. The van der Waals surface area contributed by atoms with Crippen LogP contribution in [-0.2, 0) is 0 Å². The van der Waals surface area contributed by atoms with E-state index in [1.165, 1.54) is 19.4 Å². The van der Waals surface area contributed by atoms with Gasteiger partial charge >= 0.3 is 6.09 Å². The van der Waals surface area contributed by atoms with Gasteiger partial charge in [-0.25, -0.2) is 9.18 Å². The van der Waals surface area contributed by atoms with E-state index < -0.39 is 18.0 Å². The van der Waals surface area contributed by atoms with Gasteiger partial charge in [0.15, 0.2) is 0 Å². The maximum Gasteiger partial charge on any atom is 0.405 e. The normalized spacial score (nSPS) is 11.9. The number of pyridine rings is 1. The van der Waals surface area contributed by atoms with Crippen LogP contribution in [0.4, 0.5) is 9.18 Å². The van der Waals surface area contributed by atoms with E-state index in [-0.39, 0.29) is 0 Å². The number of benzene rings is 1. The molecule has 24 heavy (non-hydrogen) atoms. The van der Waals surface area contributed by atoms with E-state index in [4.69, 9.17) is 21.4 Å². The zero-order valence-corrected chi connectivity index (χ0v) is 14.3. The minimum absolute atomic E-state index is 0.440. The summed E-state index contributed by atoms with van der Waals surface area (Å²) in [7, 11) is 1.48. The fraction of sp³-hybridized carbons (Fsp3) is 0.294. The molecule has 1 aromatic carbocycles. The molecular formula is C17H18ClFN2O3. The van der Waals surface area contributed by atoms with E-state index in [1.807, 2.05) is 6.92 Å². The lowest BCUT2D eigenvalue weighted by Crippen LogP contribution is -2.26. The fourth-order valence-electron chi connectivity index (χ4n) is 2.67. The summed E-state index contributed by atoms with van der Waals surface area (Å²) >= 11 is 6.33. The number of hydrogen-bond acceptors (Lipinski definition) is 3. The molecule has 1 heterocycles. The highest BCUT2D eigenvalue weighted by Crippen LogP contribution is 2.42. The maximum absolute atomic E-state index is 13.6. The van der Waals surface area contributed by atoms with Gasteiger partial charge < -0.3 is 15.2 Å². The van der Waals surface area contributed by atoms with Crippen LogP contribution >= 0.6 is 11.6 Å². The van der Waals surface area contributed by atoms with E-state index >= 15 is 0 Å². The molecule has 2 aromatic rings. The average Bonchev–Trinajstić information content (AvgIpc) is 2.54. The molecule has 5 nitrogen and oxygen atoms in total. The summed E-state index contributed by atoms with van der Waals surface area (Å²) in [4.78, 5) is 14.9. The van der Waals surface area contributed by atoms with E-state index in [2.05, 4.69) is 10.3 Å². The molecular weight excluding hydrogens is 335 g/mol. The van der Waals surface area contributed by atoms with E-state index in [1.54, 1.807) is 13.0 Å². The fourth-order valence-corrected chi connectivity index (χ4v) is 2.88. The first-order valence-corrected chi connectivity index (χ1v) is 7.74. The number of carboxylic acid groups (broad SMARTS) is 1. The van der Waals surface area contributed by atoms with Gasteiger partial charge in [0.1, 0.15) is 11.6 Å². The van der Waals surface area contributed by atoms with Gasteiger partial charge in [-0.15, -0.1) is 0 Å². The van der Waals surface area contributed by atoms with Crippen molar-refractivity contribution < 1.29 is 19.0 Å². The smallest absolute Gasteiger partial charge is 0.405 e. The molecule has 2 rings (SSSR count). The zero-order valence-electron chi connectivity index (χ0n) is 13.6. The molecule has 0 bridgehead atoms. The van der Waals surface area contributed by atoms with Crippen molar-refractivity contribution in [3.05, 3.63) is 46.5 Å². The SMILES string of the molecule is CCC(NC(=O)O)c1cc(Cl)c(C)c(-c2cncc(F)c2)c1OC. The van der Waals surface area contributed by atoms with Crippen molar-refractivity contribution in [1.82, 2.24) is 10.3 Å². The summed E-state index contributed by atoms with van der Waals surface area (Å²) in [5.74, 6) is -0.0314. The molecule has 0 aliphatic carbocycles. The highest BCUT2D eigenvalue weighted by atomic mass is 35.5. The molecule has 1 atom stereocenters. The van der Waals surface area contributed by atoms with Crippen LogP contribution in [0.25, 0.3) is 11.1 Å². The summed E-state index contributed by atoms with van der Waals surface area (Å²) < 4.78 is 19.1. The number of carbonyl (C=O) groups is 1. The van der Waals surface area contributed by atoms with Gasteiger partial charge in [0.2, 0.25) is 0 Å². The summed E-state index contributed by atoms with van der Waals surface area (Å²) in [6, 6.07) is 2.51. The first-order chi connectivity index (χ1) is 11.4. The van der Waals surface area contributed by atoms with Crippen molar-refractivity contribution >= 4 is 17.7 Å². The van der Waals surface area contributed by atoms with Gasteiger partial charge in [0.25, 0.3) is 0 Å². The van der Waals surface area contributed by atoms with Gasteiger partial charge in [0.05, 0.1) is 19.3 Å². The summed E-state index contributed by atoms with van der Waals surface area (Å²) in [5, 5.41) is 11.9. The highest BCUT2D eigenvalue weighted by molar-refractivity contribution is 6.32. The molecule has 0 radical (unpaired) electrons. The summed E-state index contributed by atoms with van der Waals surface area (Å²) in [6.45, 7) is 3.64. The second-order valence-corrected chi connectivity index (χ2v) is 5.69. The molecule has 7 heteroatoms. The molecule has 1 aromatic heterocycles. The van der Waals surface area contributed by atoms with Crippen LogP contribution in [0, 0.1) is 12.7 Å². The molecule has 128 valence electrons. The second-order valence-electron chi connectivity index (χ2n) is 5.28. The third-order valence-corrected chi connectivity index (χ3v) is 4.18. The predicted molar refractivity (Wildman–Crippen MR) is 90.1 cm³/mol. The molecule has 0 saturated carbocycles. The van der Waals surface area contributed by atoms with Crippen LogP contribution < -0.4 is 10.1 Å².